The van der Waals surface area contributed by atoms with E-state index in [1.807, 2.05) is 12.5 Å². The Morgan fingerprint density at radius 1 is 1.32 bits per heavy atom. The van der Waals surface area contributed by atoms with Gasteiger partial charge in [0.25, 0.3) is 0 Å². The highest BCUT2D eigenvalue weighted by Gasteiger charge is 2.15. The van der Waals surface area contributed by atoms with E-state index in [1.54, 1.807) is 0 Å². The minimum Gasteiger partial charge on any atom is -0.336 e. The molecule has 19 heavy (non-hydrogen) atoms. The van der Waals surface area contributed by atoms with E-state index < -0.39 is 0 Å². The molecule has 1 heterocycles. The molecule has 102 valence electrons. The summed E-state index contributed by atoms with van der Waals surface area (Å²) in [7, 11) is 2.05. The smallest absolute Gasteiger partial charge is 0.0946 e. The van der Waals surface area contributed by atoms with Crippen LogP contribution in [-0.4, -0.2) is 16.1 Å². The summed E-state index contributed by atoms with van der Waals surface area (Å²) in [4.78, 5) is 4.23. The molecule has 1 N–H and O–H groups in total. The first kappa shape index (κ1) is 13.8. The Kier molecular flexibility index (Phi) is 4.38. The zero-order chi connectivity index (χ0) is 13.8. The van der Waals surface area contributed by atoms with Crippen molar-refractivity contribution in [3.63, 3.8) is 0 Å². The molecule has 0 saturated carbocycles. The molecule has 1 unspecified atom stereocenters. The molecule has 0 fully saturated rings. The molecule has 0 aliphatic carbocycles. The fourth-order valence-electron chi connectivity index (χ4n) is 2.47. The molecule has 0 saturated heterocycles. The fraction of sp³-hybridized carbons (Fsp3) is 0.438. The zero-order valence-corrected chi connectivity index (χ0v) is 12.3. The van der Waals surface area contributed by atoms with Crippen LogP contribution >= 0.6 is 0 Å². The highest BCUT2D eigenvalue weighted by molar-refractivity contribution is 5.31. The van der Waals surface area contributed by atoms with Crippen LogP contribution in [0.1, 0.15) is 35.3 Å². The van der Waals surface area contributed by atoms with Gasteiger partial charge < -0.3 is 9.88 Å². The van der Waals surface area contributed by atoms with Crippen LogP contribution in [-0.2, 0) is 13.5 Å². The average Bonchev–Trinajstić information content (AvgIpc) is 2.79. The van der Waals surface area contributed by atoms with E-state index in [2.05, 4.69) is 60.9 Å². The van der Waals surface area contributed by atoms with Gasteiger partial charge in [-0.2, -0.15) is 0 Å². The summed E-state index contributed by atoms with van der Waals surface area (Å²) in [5.74, 6) is 0. The number of imidazole rings is 1. The summed E-state index contributed by atoms with van der Waals surface area (Å²) >= 11 is 0. The lowest BCUT2D eigenvalue weighted by molar-refractivity contribution is 0.519. The topological polar surface area (TPSA) is 29.9 Å². The van der Waals surface area contributed by atoms with Crippen LogP contribution in [0.15, 0.2) is 30.7 Å². The standard InChI is InChI=1S/C16H23N3/c1-5-18-15(16-10-17-11-19(16)4)9-14-8-12(2)6-7-13(14)3/h6-8,10-11,15,18H,5,9H2,1-4H3. The number of aromatic nitrogens is 2. The molecular weight excluding hydrogens is 234 g/mol. The third kappa shape index (κ3) is 3.24. The van der Waals surface area contributed by atoms with Gasteiger partial charge in [0.2, 0.25) is 0 Å². The van der Waals surface area contributed by atoms with E-state index in [1.165, 1.54) is 22.4 Å². The van der Waals surface area contributed by atoms with E-state index in [4.69, 9.17) is 0 Å². The largest absolute Gasteiger partial charge is 0.336 e. The Labute approximate surface area is 115 Å². The number of hydrogen-bond acceptors (Lipinski definition) is 2. The Balaban J connectivity index is 2.26. The molecular formula is C16H23N3. The lowest BCUT2D eigenvalue weighted by Crippen LogP contribution is -2.25. The van der Waals surface area contributed by atoms with Crippen LogP contribution in [0, 0.1) is 13.8 Å². The molecule has 3 nitrogen and oxygen atoms in total. The summed E-state index contributed by atoms with van der Waals surface area (Å²) in [6.45, 7) is 7.43. The molecule has 2 rings (SSSR count). The monoisotopic (exact) mass is 257 g/mol. The number of rotatable bonds is 5. The number of aryl methyl sites for hydroxylation is 3. The second kappa shape index (κ2) is 6.02. The minimum atomic E-state index is 0.318. The van der Waals surface area contributed by atoms with E-state index in [0.717, 1.165) is 13.0 Å². The first-order valence-corrected chi connectivity index (χ1v) is 6.87. The first-order valence-electron chi connectivity index (χ1n) is 6.87. The maximum atomic E-state index is 4.23. The Morgan fingerprint density at radius 3 is 2.74 bits per heavy atom. The summed E-state index contributed by atoms with van der Waals surface area (Å²) < 4.78 is 2.10. The Morgan fingerprint density at radius 2 is 2.11 bits per heavy atom. The molecule has 0 amide bonds. The first-order chi connectivity index (χ1) is 9.11. The van der Waals surface area contributed by atoms with Gasteiger partial charge in [-0.15, -0.1) is 0 Å². The van der Waals surface area contributed by atoms with Gasteiger partial charge in [0.05, 0.1) is 18.1 Å². The van der Waals surface area contributed by atoms with Crippen molar-refractivity contribution in [2.45, 2.75) is 33.2 Å². The number of likely N-dealkylation sites (N-methyl/N-ethyl adjacent to an activating group) is 1. The van der Waals surface area contributed by atoms with Crippen LogP contribution in [0.25, 0.3) is 0 Å². The summed E-state index contributed by atoms with van der Waals surface area (Å²) in [6.07, 6.45) is 4.82. The normalized spacial score (nSPS) is 12.6. The Bertz CT molecular complexity index is 543. The third-order valence-corrected chi connectivity index (χ3v) is 3.59. The SMILES string of the molecule is CCNC(Cc1cc(C)ccc1C)c1cncn1C. The average molecular weight is 257 g/mol. The summed E-state index contributed by atoms with van der Waals surface area (Å²) in [6, 6.07) is 6.98. The molecule has 1 atom stereocenters. The van der Waals surface area contributed by atoms with Crippen molar-refractivity contribution in [1.29, 1.82) is 0 Å². The number of benzene rings is 1. The maximum Gasteiger partial charge on any atom is 0.0946 e. The van der Waals surface area contributed by atoms with Gasteiger partial charge in [-0.1, -0.05) is 30.7 Å². The number of nitrogens with zero attached hydrogens (tertiary/aromatic N) is 2. The van der Waals surface area contributed by atoms with Gasteiger partial charge in [0.1, 0.15) is 0 Å². The second-order valence-electron chi connectivity index (χ2n) is 5.17. The van der Waals surface area contributed by atoms with E-state index in [0.29, 0.717) is 6.04 Å². The van der Waals surface area contributed by atoms with Crippen LogP contribution in [0.4, 0.5) is 0 Å². The third-order valence-electron chi connectivity index (χ3n) is 3.59. The van der Waals surface area contributed by atoms with Gasteiger partial charge in [-0.05, 0) is 37.9 Å². The van der Waals surface area contributed by atoms with E-state index in [-0.39, 0.29) is 0 Å². The van der Waals surface area contributed by atoms with Gasteiger partial charge in [-0.3, -0.25) is 0 Å². The molecule has 1 aromatic carbocycles. The van der Waals surface area contributed by atoms with Gasteiger partial charge >= 0.3 is 0 Å². The lowest BCUT2D eigenvalue weighted by Gasteiger charge is -2.20. The van der Waals surface area contributed by atoms with E-state index in [9.17, 15) is 0 Å². The van der Waals surface area contributed by atoms with Crippen molar-refractivity contribution in [1.82, 2.24) is 14.9 Å². The molecule has 1 aromatic heterocycles. The van der Waals surface area contributed by atoms with Crippen LogP contribution < -0.4 is 5.32 Å². The maximum absolute atomic E-state index is 4.23. The van der Waals surface area contributed by atoms with Crippen LogP contribution in [0.5, 0.6) is 0 Å². The molecule has 2 aromatic rings. The second-order valence-corrected chi connectivity index (χ2v) is 5.17. The minimum absolute atomic E-state index is 0.318. The predicted molar refractivity (Wildman–Crippen MR) is 79.2 cm³/mol. The molecule has 0 spiro atoms. The van der Waals surface area contributed by atoms with Crippen molar-refractivity contribution in [2.75, 3.05) is 6.54 Å². The lowest BCUT2D eigenvalue weighted by atomic mass is 9.97. The Hall–Kier alpha value is -1.61. The molecule has 0 aliphatic rings. The highest BCUT2D eigenvalue weighted by Crippen LogP contribution is 2.21. The highest BCUT2D eigenvalue weighted by atomic mass is 15.1. The number of nitrogens with one attached hydrogen (secondary N) is 1. The van der Waals surface area contributed by atoms with Crippen molar-refractivity contribution >= 4 is 0 Å². The molecule has 0 radical (unpaired) electrons. The van der Waals surface area contributed by atoms with Gasteiger partial charge in [-0.25, -0.2) is 4.98 Å². The van der Waals surface area contributed by atoms with Gasteiger partial charge in [0.15, 0.2) is 0 Å². The molecule has 0 aliphatic heterocycles. The zero-order valence-electron chi connectivity index (χ0n) is 12.3. The van der Waals surface area contributed by atoms with Crippen molar-refractivity contribution in [3.05, 3.63) is 53.1 Å². The fourth-order valence-corrected chi connectivity index (χ4v) is 2.47. The summed E-state index contributed by atoms with van der Waals surface area (Å²) in [5, 5.41) is 3.56. The molecule has 3 heteroatoms. The van der Waals surface area contributed by atoms with Crippen molar-refractivity contribution < 1.29 is 0 Å². The molecule has 0 bridgehead atoms. The van der Waals surface area contributed by atoms with E-state index >= 15 is 0 Å². The van der Waals surface area contributed by atoms with Crippen LogP contribution in [0.3, 0.4) is 0 Å². The van der Waals surface area contributed by atoms with Crippen molar-refractivity contribution in [2.24, 2.45) is 7.05 Å². The van der Waals surface area contributed by atoms with Crippen LogP contribution in [0.2, 0.25) is 0 Å². The van der Waals surface area contributed by atoms with Gasteiger partial charge in [0, 0.05) is 13.2 Å². The quantitative estimate of drug-likeness (QED) is 0.892. The number of hydrogen-bond donors (Lipinski definition) is 1. The predicted octanol–water partition coefficient (Wildman–Crippen LogP) is 2.93. The summed E-state index contributed by atoms with van der Waals surface area (Å²) in [5.41, 5.74) is 5.33. The van der Waals surface area contributed by atoms with Crippen molar-refractivity contribution in [3.8, 4) is 0 Å².